The Morgan fingerprint density at radius 1 is 1.14 bits per heavy atom. The van der Waals surface area contributed by atoms with Crippen LogP contribution >= 0.6 is 0 Å². The van der Waals surface area contributed by atoms with Gasteiger partial charge in [0.25, 0.3) is 0 Å². The van der Waals surface area contributed by atoms with Gasteiger partial charge in [-0.25, -0.2) is 0 Å². The highest BCUT2D eigenvalue weighted by atomic mass is 28.4. The van der Waals surface area contributed by atoms with E-state index in [0.29, 0.717) is 6.10 Å². The van der Waals surface area contributed by atoms with Crippen LogP contribution in [0.5, 0.6) is 0 Å². The Kier molecular flexibility index (Phi) is 4.53. The molecule has 0 bridgehead atoms. The third-order valence-electron chi connectivity index (χ3n) is 2.50. The van der Waals surface area contributed by atoms with E-state index in [1.165, 1.54) is 0 Å². The van der Waals surface area contributed by atoms with Gasteiger partial charge in [0.2, 0.25) is 0 Å². The fourth-order valence-corrected chi connectivity index (χ4v) is 3.66. The van der Waals surface area contributed by atoms with Crippen LogP contribution < -0.4 is 0 Å². The first-order valence-electron chi connectivity index (χ1n) is 5.03. The zero-order valence-corrected chi connectivity index (χ0v) is 10.4. The molecule has 4 nitrogen and oxygen atoms in total. The molecular formula is C9H20O4Si. The van der Waals surface area contributed by atoms with Crippen molar-refractivity contribution >= 4 is 8.80 Å². The maximum absolute atomic E-state index is 5.84. The first kappa shape index (κ1) is 12.1. The van der Waals surface area contributed by atoms with Crippen molar-refractivity contribution in [2.75, 3.05) is 21.3 Å². The van der Waals surface area contributed by atoms with Crippen molar-refractivity contribution in [3.8, 4) is 0 Å². The fraction of sp³-hybridized carbons (Fsp3) is 1.00. The first-order valence-corrected chi connectivity index (χ1v) is 6.83. The summed E-state index contributed by atoms with van der Waals surface area (Å²) in [5.41, 5.74) is -0.0324. The fourth-order valence-electron chi connectivity index (χ4n) is 1.51. The second-order valence-corrected chi connectivity index (χ2v) is 6.52. The minimum atomic E-state index is -2.59. The predicted octanol–water partition coefficient (Wildman–Crippen LogP) is 1.36. The van der Waals surface area contributed by atoms with Gasteiger partial charge >= 0.3 is 8.80 Å². The van der Waals surface area contributed by atoms with Crippen LogP contribution in [0.2, 0.25) is 0 Å². The maximum Gasteiger partial charge on any atom is 0.530 e. The predicted molar refractivity (Wildman–Crippen MR) is 55.0 cm³/mol. The largest absolute Gasteiger partial charge is 0.530 e. The molecule has 0 N–H and O–H groups in total. The standard InChI is InChI=1S/C9H20O4Si/c1-5-9(13-8-6-7-8)14(10-2,11-3)12-4/h8-9H,5-7H2,1-4H3. The Morgan fingerprint density at radius 2 is 1.64 bits per heavy atom. The van der Waals surface area contributed by atoms with Gasteiger partial charge in [0, 0.05) is 21.3 Å². The molecule has 1 aliphatic rings. The highest BCUT2D eigenvalue weighted by molar-refractivity contribution is 6.62. The summed E-state index contributed by atoms with van der Waals surface area (Å²) in [5.74, 6) is 0. The summed E-state index contributed by atoms with van der Waals surface area (Å²) >= 11 is 0. The molecule has 0 aromatic carbocycles. The van der Waals surface area contributed by atoms with E-state index < -0.39 is 8.80 Å². The quantitative estimate of drug-likeness (QED) is 0.607. The average Bonchev–Trinajstić information content (AvgIpc) is 3.03. The molecular weight excluding hydrogens is 200 g/mol. The Balaban J connectivity index is 2.59. The summed E-state index contributed by atoms with van der Waals surface area (Å²) in [6.45, 7) is 2.06. The molecule has 1 atom stereocenters. The molecule has 0 heterocycles. The Labute approximate surface area is 86.9 Å². The summed E-state index contributed by atoms with van der Waals surface area (Å²) in [5, 5.41) is 0. The van der Waals surface area contributed by atoms with Gasteiger partial charge in [-0.15, -0.1) is 0 Å². The zero-order chi connectivity index (χ0) is 10.6. The van der Waals surface area contributed by atoms with Crippen LogP contribution in [-0.2, 0) is 18.0 Å². The van der Waals surface area contributed by atoms with E-state index in [0.717, 1.165) is 19.3 Å². The summed E-state index contributed by atoms with van der Waals surface area (Å²) in [6, 6.07) is 0. The SMILES string of the molecule is CCC(OC1CC1)[Si](OC)(OC)OC. The van der Waals surface area contributed by atoms with Crippen molar-refractivity contribution in [3.63, 3.8) is 0 Å². The third-order valence-corrected chi connectivity index (χ3v) is 5.54. The minimum Gasteiger partial charge on any atom is -0.375 e. The van der Waals surface area contributed by atoms with Crippen LogP contribution in [0.3, 0.4) is 0 Å². The van der Waals surface area contributed by atoms with Gasteiger partial charge in [-0.05, 0) is 19.3 Å². The Hall–Kier alpha value is 0.0569. The molecule has 0 aromatic heterocycles. The lowest BCUT2D eigenvalue weighted by molar-refractivity contribution is 0.00376. The van der Waals surface area contributed by atoms with Gasteiger partial charge in [0.05, 0.1) is 6.10 Å². The monoisotopic (exact) mass is 220 g/mol. The molecule has 0 aromatic rings. The van der Waals surface area contributed by atoms with Crippen molar-refractivity contribution in [2.45, 2.75) is 38.0 Å². The molecule has 0 spiro atoms. The molecule has 1 fully saturated rings. The second kappa shape index (κ2) is 5.23. The van der Waals surface area contributed by atoms with E-state index in [1.54, 1.807) is 21.3 Å². The topological polar surface area (TPSA) is 36.9 Å². The highest BCUT2D eigenvalue weighted by Gasteiger charge is 2.49. The summed E-state index contributed by atoms with van der Waals surface area (Å²) < 4.78 is 22.0. The molecule has 1 unspecified atom stereocenters. The molecule has 0 aliphatic heterocycles. The number of hydrogen-bond donors (Lipinski definition) is 0. The smallest absolute Gasteiger partial charge is 0.375 e. The third kappa shape index (κ3) is 2.55. The van der Waals surface area contributed by atoms with Gasteiger partial charge in [0.1, 0.15) is 5.73 Å². The Bertz CT molecular complexity index is 160. The zero-order valence-electron chi connectivity index (χ0n) is 9.41. The minimum absolute atomic E-state index is 0.0324. The van der Waals surface area contributed by atoms with Crippen molar-refractivity contribution in [1.82, 2.24) is 0 Å². The van der Waals surface area contributed by atoms with Crippen LogP contribution in [0.25, 0.3) is 0 Å². The van der Waals surface area contributed by atoms with Gasteiger partial charge in [0.15, 0.2) is 0 Å². The number of ether oxygens (including phenoxy) is 1. The first-order chi connectivity index (χ1) is 6.72. The summed E-state index contributed by atoms with van der Waals surface area (Å²) in [6.07, 6.45) is 3.56. The van der Waals surface area contributed by atoms with Gasteiger partial charge in [-0.1, -0.05) is 6.92 Å². The summed E-state index contributed by atoms with van der Waals surface area (Å²) in [4.78, 5) is 0. The molecule has 0 amide bonds. The van der Waals surface area contributed by atoms with Crippen LogP contribution in [0.1, 0.15) is 26.2 Å². The lowest BCUT2D eigenvalue weighted by Gasteiger charge is -2.31. The van der Waals surface area contributed by atoms with E-state index in [2.05, 4.69) is 6.92 Å². The average molecular weight is 220 g/mol. The molecule has 0 radical (unpaired) electrons. The molecule has 14 heavy (non-hydrogen) atoms. The lowest BCUT2D eigenvalue weighted by atomic mass is 10.5. The summed E-state index contributed by atoms with van der Waals surface area (Å²) in [7, 11) is 2.28. The molecule has 1 aliphatic carbocycles. The van der Waals surface area contributed by atoms with Crippen molar-refractivity contribution < 1.29 is 18.0 Å². The van der Waals surface area contributed by atoms with E-state index in [-0.39, 0.29) is 5.73 Å². The molecule has 1 rings (SSSR count). The highest BCUT2D eigenvalue weighted by Crippen LogP contribution is 2.29. The molecule has 84 valence electrons. The molecule has 1 saturated carbocycles. The van der Waals surface area contributed by atoms with Crippen LogP contribution in [0.15, 0.2) is 0 Å². The van der Waals surface area contributed by atoms with E-state index in [1.807, 2.05) is 0 Å². The number of rotatable bonds is 7. The van der Waals surface area contributed by atoms with Crippen LogP contribution in [-0.4, -0.2) is 42.0 Å². The Morgan fingerprint density at radius 3 is 1.93 bits per heavy atom. The van der Waals surface area contributed by atoms with Crippen LogP contribution in [0, 0.1) is 0 Å². The van der Waals surface area contributed by atoms with Crippen molar-refractivity contribution in [2.24, 2.45) is 0 Å². The van der Waals surface area contributed by atoms with Crippen molar-refractivity contribution in [3.05, 3.63) is 0 Å². The van der Waals surface area contributed by atoms with Crippen LogP contribution in [0.4, 0.5) is 0 Å². The van der Waals surface area contributed by atoms with Gasteiger partial charge in [-0.2, -0.15) is 0 Å². The van der Waals surface area contributed by atoms with Crippen molar-refractivity contribution in [1.29, 1.82) is 0 Å². The second-order valence-electron chi connectivity index (χ2n) is 3.45. The number of hydrogen-bond acceptors (Lipinski definition) is 4. The molecule has 5 heteroatoms. The maximum atomic E-state index is 5.84. The normalized spacial score (nSPS) is 19.7. The molecule has 0 saturated heterocycles. The van der Waals surface area contributed by atoms with Gasteiger partial charge < -0.3 is 18.0 Å². The lowest BCUT2D eigenvalue weighted by Crippen LogP contribution is -2.55. The van der Waals surface area contributed by atoms with E-state index >= 15 is 0 Å². The van der Waals surface area contributed by atoms with E-state index in [9.17, 15) is 0 Å². The van der Waals surface area contributed by atoms with E-state index in [4.69, 9.17) is 18.0 Å². The van der Waals surface area contributed by atoms with Gasteiger partial charge in [-0.3, -0.25) is 0 Å².